The molecule has 3 fully saturated rings. The molecule has 0 aromatic rings. The maximum Gasteiger partial charge on any atom is 0.171 e. The first-order chi connectivity index (χ1) is 10.6. The van der Waals surface area contributed by atoms with Crippen LogP contribution in [0.5, 0.6) is 0 Å². The summed E-state index contributed by atoms with van der Waals surface area (Å²) in [6.07, 6.45) is 16.7. The van der Waals surface area contributed by atoms with Crippen LogP contribution in [-0.4, -0.2) is 19.0 Å². The Hall–Kier alpha value is -0.780. The molecule has 0 amide bonds. The van der Waals surface area contributed by atoms with Crippen molar-refractivity contribution in [2.45, 2.75) is 64.6 Å². The van der Waals surface area contributed by atoms with Crippen molar-refractivity contribution in [1.82, 2.24) is 0 Å². The molecule has 120 valence electrons. The van der Waals surface area contributed by atoms with Crippen LogP contribution in [0.2, 0.25) is 0 Å². The zero-order valence-electron chi connectivity index (χ0n) is 14.0. The fourth-order valence-electron chi connectivity index (χ4n) is 6.13. The summed E-state index contributed by atoms with van der Waals surface area (Å²) >= 11 is 0. The van der Waals surface area contributed by atoms with Crippen LogP contribution in [0.3, 0.4) is 0 Å². The van der Waals surface area contributed by atoms with Crippen LogP contribution in [0.4, 0.5) is 0 Å². The van der Waals surface area contributed by atoms with E-state index in [1.165, 1.54) is 25.7 Å². The van der Waals surface area contributed by atoms with Gasteiger partial charge in [0.15, 0.2) is 5.79 Å². The third kappa shape index (κ3) is 1.76. The van der Waals surface area contributed by atoms with Crippen LogP contribution in [0, 0.1) is 35.0 Å². The van der Waals surface area contributed by atoms with Crippen LogP contribution < -0.4 is 0 Å². The normalized spacial score (nSPS) is 46.5. The van der Waals surface area contributed by atoms with Crippen LogP contribution in [0.25, 0.3) is 0 Å². The standard InChI is InChI=1S/C20H28O2/c1-4-19-9-6-5-7-17(19)18(3)11-12-20(21-13-14-22-20)15(2)16(18)8-10-19/h1,7,15-16H,5-6,8-14H2,2-3H3/t15-,16+,18+,19-/m1/s1. The summed E-state index contributed by atoms with van der Waals surface area (Å²) in [4.78, 5) is 0. The fraction of sp³-hybridized carbons (Fsp3) is 0.800. The van der Waals surface area contributed by atoms with Crippen molar-refractivity contribution in [3.63, 3.8) is 0 Å². The van der Waals surface area contributed by atoms with Gasteiger partial charge >= 0.3 is 0 Å². The molecular formula is C20H28O2. The van der Waals surface area contributed by atoms with Gasteiger partial charge in [-0.15, -0.1) is 6.42 Å². The summed E-state index contributed by atoms with van der Waals surface area (Å²) in [5, 5.41) is 0. The predicted octanol–water partition coefficient (Wildman–Crippen LogP) is 4.31. The zero-order valence-corrected chi connectivity index (χ0v) is 14.0. The molecule has 0 bridgehead atoms. The predicted molar refractivity (Wildman–Crippen MR) is 87.1 cm³/mol. The highest BCUT2D eigenvalue weighted by molar-refractivity contribution is 5.37. The summed E-state index contributed by atoms with van der Waals surface area (Å²) in [5.41, 5.74) is 1.88. The molecule has 4 rings (SSSR count). The number of terminal acetylenes is 1. The summed E-state index contributed by atoms with van der Waals surface area (Å²) in [5.74, 6) is 3.99. The molecule has 2 heteroatoms. The van der Waals surface area contributed by atoms with Crippen molar-refractivity contribution in [2.75, 3.05) is 13.2 Å². The molecule has 0 radical (unpaired) electrons. The van der Waals surface area contributed by atoms with Crippen LogP contribution in [0.15, 0.2) is 11.6 Å². The highest BCUT2D eigenvalue weighted by Gasteiger charge is 2.60. The molecule has 4 atom stereocenters. The Bertz CT molecular complexity index is 536. The molecule has 1 heterocycles. The van der Waals surface area contributed by atoms with Crippen LogP contribution in [-0.2, 0) is 9.47 Å². The second-order valence-corrected chi connectivity index (χ2v) is 8.10. The Kier molecular flexibility index (Phi) is 3.26. The van der Waals surface area contributed by atoms with Gasteiger partial charge in [-0.1, -0.05) is 25.8 Å². The van der Waals surface area contributed by atoms with Crippen molar-refractivity contribution in [3.8, 4) is 12.3 Å². The van der Waals surface area contributed by atoms with Gasteiger partial charge in [-0.05, 0) is 55.4 Å². The lowest BCUT2D eigenvalue weighted by Crippen LogP contribution is -2.56. The lowest BCUT2D eigenvalue weighted by Gasteiger charge is -2.60. The van der Waals surface area contributed by atoms with E-state index in [9.17, 15) is 0 Å². The number of allylic oxidation sites excluding steroid dienone is 2. The molecule has 0 N–H and O–H groups in total. The van der Waals surface area contributed by atoms with Crippen molar-refractivity contribution in [3.05, 3.63) is 11.6 Å². The van der Waals surface area contributed by atoms with Crippen molar-refractivity contribution >= 4 is 0 Å². The molecule has 2 nitrogen and oxygen atoms in total. The van der Waals surface area contributed by atoms with Gasteiger partial charge in [0.1, 0.15) is 0 Å². The Morgan fingerprint density at radius 2 is 1.95 bits per heavy atom. The number of hydrogen-bond acceptors (Lipinski definition) is 2. The Labute approximate surface area is 134 Å². The molecule has 0 aromatic carbocycles. The second-order valence-electron chi connectivity index (χ2n) is 8.10. The maximum atomic E-state index is 6.09. The Balaban J connectivity index is 1.73. The van der Waals surface area contributed by atoms with E-state index in [-0.39, 0.29) is 16.6 Å². The number of rotatable bonds is 0. The van der Waals surface area contributed by atoms with Gasteiger partial charge < -0.3 is 9.47 Å². The van der Waals surface area contributed by atoms with Gasteiger partial charge in [-0.2, -0.15) is 0 Å². The van der Waals surface area contributed by atoms with E-state index in [1.54, 1.807) is 5.57 Å². The minimum absolute atomic E-state index is 0.0467. The van der Waals surface area contributed by atoms with E-state index in [4.69, 9.17) is 15.9 Å². The Morgan fingerprint density at radius 3 is 2.68 bits per heavy atom. The van der Waals surface area contributed by atoms with E-state index in [1.807, 2.05) is 0 Å². The quantitative estimate of drug-likeness (QED) is 0.490. The molecule has 1 saturated heterocycles. The number of fused-ring (bicyclic) bond motifs is 3. The van der Waals surface area contributed by atoms with Crippen molar-refractivity contribution < 1.29 is 9.47 Å². The third-order valence-corrected chi connectivity index (χ3v) is 7.33. The first-order valence-electron chi connectivity index (χ1n) is 9.03. The van der Waals surface area contributed by atoms with Crippen LogP contribution >= 0.6 is 0 Å². The molecule has 2 saturated carbocycles. The van der Waals surface area contributed by atoms with Gasteiger partial charge in [-0.25, -0.2) is 0 Å². The summed E-state index contributed by atoms with van der Waals surface area (Å²) in [6.45, 7) is 6.33. The lowest BCUT2D eigenvalue weighted by molar-refractivity contribution is -0.243. The van der Waals surface area contributed by atoms with Gasteiger partial charge in [0.25, 0.3) is 0 Å². The molecular weight excluding hydrogens is 272 g/mol. The van der Waals surface area contributed by atoms with E-state index in [2.05, 4.69) is 25.8 Å². The van der Waals surface area contributed by atoms with E-state index < -0.39 is 0 Å². The average molecular weight is 300 g/mol. The lowest BCUT2D eigenvalue weighted by atomic mass is 9.46. The first-order valence-corrected chi connectivity index (χ1v) is 9.03. The Morgan fingerprint density at radius 1 is 1.18 bits per heavy atom. The number of hydrogen-bond donors (Lipinski definition) is 0. The van der Waals surface area contributed by atoms with Gasteiger partial charge in [0.2, 0.25) is 0 Å². The highest BCUT2D eigenvalue weighted by atomic mass is 16.7. The molecule has 3 aliphatic carbocycles. The van der Waals surface area contributed by atoms with Crippen LogP contribution in [0.1, 0.15) is 58.8 Å². The summed E-state index contributed by atoms with van der Waals surface area (Å²) < 4.78 is 12.2. The van der Waals surface area contributed by atoms with Crippen molar-refractivity contribution in [1.29, 1.82) is 0 Å². The summed E-state index contributed by atoms with van der Waals surface area (Å²) in [7, 11) is 0. The zero-order chi connectivity index (χ0) is 15.4. The molecule has 0 aromatic heterocycles. The third-order valence-electron chi connectivity index (χ3n) is 7.33. The molecule has 4 aliphatic rings. The average Bonchev–Trinajstić information content (AvgIpc) is 3.02. The number of ether oxygens (including phenoxy) is 2. The molecule has 0 unspecified atom stereocenters. The monoisotopic (exact) mass is 300 g/mol. The minimum Gasteiger partial charge on any atom is -0.347 e. The fourth-order valence-corrected chi connectivity index (χ4v) is 6.13. The van der Waals surface area contributed by atoms with Gasteiger partial charge in [0, 0.05) is 12.3 Å². The molecule has 1 aliphatic heterocycles. The first kappa shape index (κ1) is 14.8. The smallest absolute Gasteiger partial charge is 0.171 e. The van der Waals surface area contributed by atoms with E-state index in [0.29, 0.717) is 11.8 Å². The van der Waals surface area contributed by atoms with Crippen molar-refractivity contribution in [2.24, 2.45) is 22.7 Å². The van der Waals surface area contributed by atoms with E-state index in [0.717, 1.165) is 32.5 Å². The largest absolute Gasteiger partial charge is 0.347 e. The summed E-state index contributed by atoms with van der Waals surface area (Å²) in [6, 6.07) is 0. The van der Waals surface area contributed by atoms with E-state index >= 15 is 0 Å². The highest BCUT2D eigenvalue weighted by Crippen LogP contribution is 2.65. The molecule has 22 heavy (non-hydrogen) atoms. The second kappa shape index (κ2) is 4.86. The van der Waals surface area contributed by atoms with Gasteiger partial charge in [0.05, 0.1) is 18.6 Å². The maximum absolute atomic E-state index is 6.09. The molecule has 1 spiro atoms. The minimum atomic E-state index is -0.310. The topological polar surface area (TPSA) is 18.5 Å². The SMILES string of the molecule is C#C[C@]12CCCC=C1[C@@]1(C)CCC3(OCCO3)[C@H](C)[C@@H]1CC2. The van der Waals surface area contributed by atoms with Gasteiger partial charge in [-0.3, -0.25) is 0 Å².